The molecule has 7 heteroatoms. The van der Waals surface area contributed by atoms with E-state index < -0.39 is 0 Å². The zero-order chi connectivity index (χ0) is 16.0. The van der Waals surface area contributed by atoms with Crippen LogP contribution in [0.15, 0.2) is 35.6 Å². The van der Waals surface area contributed by atoms with E-state index >= 15 is 0 Å². The number of rotatable bonds is 2. The summed E-state index contributed by atoms with van der Waals surface area (Å²) in [6, 6.07) is 7.69. The van der Waals surface area contributed by atoms with Gasteiger partial charge in [-0.3, -0.25) is 4.79 Å². The fraction of sp³-hybridized carbons (Fsp3) is 0.250. The van der Waals surface area contributed by atoms with E-state index in [0.29, 0.717) is 27.9 Å². The summed E-state index contributed by atoms with van der Waals surface area (Å²) in [4.78, 5) is 21.1. The van der Waals surface area contributed by atoms with E-state index in [1.165, 1.54) is 11.8 Å². The third kappa shape index (κ3) is 2.52. The van der Waals surface area contributed by atoms with E-state index in [2.05, 4.69) is 15.1 Å². The molecular weight excluding hydrogens is 332 g/mol. The number of benzene rings is 1. The van der Waals surface area contributed by atoms with Gasteiger partial charge in [-0.15, -0.1) is 5.10 Å². The summed E-state index contributed by atoms with van der Waals surface area (Å²) in [5, 5.41) is 5.81. The predicted octanol–water partition coefficient (Wildman–Crippen LogP) is 3.41. The van der Waals surface area contributed by atoms with Crippen molar-refractivity contribution in [2.75, 3.05) is 6.26 Å². The van der Waals surface area contributed by atoms with Gasteiger partial charge >= 0.3 is 0 Å². The third-order valence-electron chi connectivity index (χ3n) is 4.14. The molecule has 0 saturated heterocycles. The number of nitrogens with zero attached hydrogens (tertiary/aromatic N) is 4. The summed E-state index contributed by atoms with van der Waals surface area (Å²) in [5.74, 6) is 0.763. The molecule has 23 heavy (non-hydrogen) atoms. The number of ketones is 1. The highest BCUT2D eigenvalue weighted by molar-refractivity contribution is 7.98. The lowest BCUT2D eigenvalue weighted by molar-refractivity contribution is 0.0962. The normalized spacial score (nSPS) is 17.5. The molecule has 0 radical (unpaired) electrons. The van der Waals surface area contributed by atoms with E-state index in [9.17, 15) is 4.79 Å². The summed E-state index contributed by atoms with van der Waals surface area (Å²) in [6.07, 6.45) is 4.76. The van der Waals surface area contributed by atoms with E-state index in [-0.39, 0.29) is 11.7 Å². The van der Waals surface area contributed by atoms with Gasteiger partial charge in [0.1, 0.15) is 0 Å². The molecule has 1 aliphatic carbocycles. The second-order valence-electron chi connectivity index (χ2n) is 5.51. The van der Waals surface area contributed by atoms with Crippen molar-refractivity contribution < 1.29 is 4.79 Å². The number of Topliss-reactive ketones (excluding diaryl/α,β-unsaturated/α-hetero) is 1. The van der Waals surface area contributed by atoms with E-state index in [4.69, 9.17) is 11.6 Å². The van der Waals surface area contributed by atoms with Crippen LogP contribution in [0.25, 0.3) is 5.78 Å². The predicted molar refractivity (Wildman–Crippen MR) is 89.4 cm³/mol. The van der Waals surface area contributed by atoms with Crippen molar-refractivity contribution in [3.05, 3.63) is 52.3 Å². The maximum atomic E-state index is 12.5. The number of carbonyl (C=O) groups is 1. The average molecular weight is 345 g/mol. The van der Waals surface area contributed by atoms with Crippen LogP contribution in [0.4, 0.5) is 0 Å². The van der Waals surface area contributed by atoms with Crippen molar-refractivity contribution in [1.29, 1.82) is 0 Å². The second kappa shape index (κ2) is 5.62. The fourth-order valence-electron chi connectivity index (χ4n) is 2.99. The van der Waals surface area contributed by atoms with Crippen LogP contribution in [0.2, 0.25) is 5.02 Å². The quantitative estimate of drug-likeness (QED) is 0.667. The van der Waals surface area contributed by atoms with E-state index in [1.807, 2.05) is 30.5 Å². The first-order valence-electron chi connectivity index (χ1n) is 7.23. The molecule has 0 spiro atoms. The zero-order valence-electron chi connectivity index (χ0n) is 12.4. The first-order chi connectivity index (χ1) is 11.2. The summed E-state index contributed by atoms with van der Waals surface area (Å²) in [5.41, 5.74) is 2.66. The maximum absolute atomic E-state index is 12.5. The average Bonchev–Trinajstić information content (AvgIpc) is 2.99. The molecule has 0 saturated carbocycles. The van der Waals surface area contributed by atoms with Crippen molar-refractivity contribution in [1.82, 2.24) is 19.6 Å². The summed E-state index contributed by atoms with van der Waals surface area (Å²) >= 11 is 7.42. The van der Waals surface area contributed by atoms with Crippen LogP contribution in [0, 0.1) is 0 Å². The highest BCUT2D eigenvalue weighted by Gasteiger charge is 2.29. The summed E-state index contributed by atoms with van der Waals surface area (Å²) in [6.45, 7) is 0. The van der Waals surface area contributed by atoms with Crippen molar-refractivity contribution in [2.24, 2.45) is 0 Å². The van der Waals surface area contributed by atoms with Gasteiger partial charge in [-0.25, -0.2) is 4.98 Å². The molecule has 1 atom stereocenters. The van der Waals surface area contributed by atoms with Gasteiger partial charge in [0.05, 0.1) is 11.3 Å². The Balaban J connectivity index is 1.81. The summed E-state index contributed by atoms with van der Waals surface area (Å²) < 4.78 is 1.71. The molecule has 116 valence electrons. The molecule has 3 aromatic rings. The van der Waals surface area contributed by atoms with Gasteiger partial charge in [-0.2, -0.15) is 9.50 Å². The molecule has 2 heterocycles. The van der Waals surface area contributed by atoms with Gasteiger partial charge in [0.2, 0.25) is 5.16 Å². The minimum atomic E-state index is 0.0989. The minimum absolute atomic E-state index is 0.0989. The van der Waals surface area contributed by atoms with Crippen LogP contribution in [0.5, 0.6) is 0 Å². The Hall–Kier alpha value is -1.92. The number of aromatic nitrogens is 4. The molecule has 0 N–H and O–H groups in total. The number of fused-ring (bicyclic) bond motifs is 3. The molecule has 1 aliphatic rings. The second-order valence-corrected chi connectivity index (χ2v) is 6.72. The van der Waals surface area contributed by atoms with Crippen LogP contribution >= 0.6 is 23.4 Å². The van der Waals surface area contributed by atoms with Crippen molar-refractivity contribution in [3.8, 4) is 0 Å². The number of thioether (sulfide) groups is 1. The number of hydrogen-bond acceptors (Lipinski definition) is 5. The Morgan fingerprint density at radius 1 is 1.26 bits per heavy atom. The van der Waals surface area contributed by atoms with Gasteiger partial charge < -0.3 is 0 Å². The van der Waals surface area contributed by atoms with Crippen molar-refractivity contribution >= 4 is 34.9 Å². The van der Waals surface area contributed by atoms with Crippen LogP contribution < -0.4 is 0 Å². The maximum Gasteiger partial charge on any atom is 0.253 e. The largest absolute Gasteiger partial charge is 0.294 e. The Bertz CT molecular complexity index is 906. The SMILES string of the molecule is CSc1nc2ncc3c(n2n1)CC(c1ccc(Cl)cc1)CC3=O. The lowest BCUT2D eigenvalue weighted by Crippen LogP contribution is -2.22. The smallest absolute Gasteiger partial charge is 0.253 e. The lowest BCUT2D eigenvalue weighted by Gasteiger charge is -2.23. The van der Waals surface area contributed by atoms with Gasteiger partial charge in [0, 0.05) is 17.6 Å². The van der Waals surface area contributed by atoms with E-state index in [0.717, 1.165) is 17.7 Å². The fourth-order valence-corrected chi connectivity index (χ4v) is 3.45. The molecular formula is C16H13ClN4OS. The monoisotopic (exact) mass is 344 g/mol. The zero-order valence-corrected chi connectivity index (χ0v) is 13.9. The molecule has 0 amide bonds. The number of carbonyl (C=O) groups excluding carboxylic acids is 1. The molecule has 2 aromatic heterocycles. The molecule has 4 rings (SSSR count). The molecule has 5 nitrogen and oxygen atoms in total. The van der Waals surface area contributed by atoms with Crippen LogP contribution in [-0.2, 0) is 6.42 Å². The Labute approximate surface area is 142 Å². The molecule has 0 bridgehead atoms. The van der Waals surface area contributed by atoms with Gasteiger partial charge in [-0.1, -0.05) is 35.5 Å². The van der Waals surface area contributed by atoms with Crippen molar-refractivity contribution in [2.45, 2.75) is 23.9 Å². The highest BCUT2D eigenvalue weighted by Crippen LogP contribution is 2.33. The first kappa shape index (κ1) is 14.7. The highest BCUT2D eigenvalue weighted by atomic mass is 35.5. The first-order valence-corrected chi connectivity index (χ1v) is 8.83. The van der Waals surface area contributed by atoms with Crippen LogP contribution in [0.3, 0.4) is 0 Å². The number of halogens is 1. The van der Waals surface area contributed by atoms with Gasteiger partial charge in [0.15, 0.2) is 5.78 Å². The third-order valence-corrected chi connectivity index (χ3v) is 4.93. The topological polar surface area (TPSA) is 60.1 Å². The molecule has 0 fully saturated rings. The van der Waals surface area contributed by atoms with Crippen molar-refractivity contribution in [3.63, 3.8) is 0 Å². The molecule has 0 aliphatic heterocycles. The molecule has 1 unspecified atom stereocenters. The molecule has 1 aromatic carbocycles. The standard InChI is InChI=1S/C16H13ClN4OS/c1-23-16-19-15-18-8-12-13(21(15)20-16)6-10(7-14(12)22)9-2-4-11(17)5-3-9/h2-5,8,10H,6-7H2,1H3. The Morgan fingerprint density at radius 3 is 2.78 bits per heavy atom. The van der Waals surface area contributed by atoms with Gasteiger partial charge in [-0.05, 0) is 36.3 Å². The number of hydrogen-bond donors (Lipinski definition) is 0. The lowest BCUT2D eigenvalue weighted by atomic mass is 9.82. The van der Waals surface area contributed by atoms with Crippen LogP contribution in [-0.4, -0.2) is 31.6 Å². The summed E-state index contributed by atoms with van der Waals surface area (Å²) in [7, 11) is 0. The Kier molecular flexibility index (Phi) is 3.58. The van der Waals surface area contributed by atoms with E-state index in [1.54, 1.807) is 10.7 Å². The van der Waals surface area contributed by atoms with Crippen LogP contribution in [0.1, 0.15) is 34.0 Å². The minimum Gasteiger partial charge on any atom is -0.294 e. The Morgan fingerprint density at radius 2 is 2.04 bits per heavy atom. The van der Waals surface area contributed by atoms with Gasteiger partial charge in [0.25, 0.3) is 5.78 Å².